The highest BCUT2D eigenvalue weighted by Crippen LogP contribution is 2.17. The SMILES string of the molecule is C=CCC(NC(=O)Nc1ccccc1)c1ccccc1. The van der Waals surface area contributed by atoms with Gasteiger partial charge in [0.1, 0.15) is 0 Å². The van der Waals surface area contributed by atoms with Gasteiger partial charge >= 0.3 is 6.03 Å². The maximum atomic E-state index is 12.0. The lowest BCUT2D eigenvalue weighted by Crippen LogP contribution is -2.32. The third-order valence-electron chi connectivity index (χ3n) is 2.94. The van der Waals surface area contributed by atoms with E-state index < -0.39 is 0 Å². The first-order chi connectivity index (χ1) is 9.79. The molecule has 0 bridgehead atoms. The Hall–Kier alpha value is -2.55. The van der Waals surface area contributed by atoms with Crippen LogP contribution in [-0.4, -0.2) is 6.03 Å². The predicted molar refractivity (Wildman–Crippen MR) is 82.6 cm³/mol. The van der Waals surface area contributed by atoms with Gasteiger partial charge in [-0.15, -0.1) is 6.58 Å². The average Bonchev–Trinajstić information content (AvgIpc) is 2.49. The lowest BCUT2D eigenvalue weighted by atomic mass is 10.0. The summed E-state index contributed by atoms with van der Waals surface area (Å²) < 4.78 is 0. The van der Waals surface area contributed by atoms with Gasteiger partial charge < -0.3 is 10.6 Å². The molecule has 20 heavy (non-hydrogen) atoms. The predicted octanol–water partition coefficient (Wildman–Crippen LogP) is 4.13. The molecule has 0 saturated carbocycles. The zero-order valence-electron chi connectivity index (χ0n) is 11.3. The highest BCUT2D eigenvalue weighted by Gasteiger charge is 2.12. The van der Waals surface area contributed by atoms with Gasteiger partial charge in [0.2, 0.25) is 0 Å². The molecule has 2 aromatic carbocycles. The summed E-state index contributed by atoms with van der Waals surface area (Å²) in [6, 6.07) is 19.0. The van der Waals surface area contributed by atoms with Crippen molar-refractivity contribution < 1.29 is 4.79 Å². The number of carbonyl (C=O) groups excluding carboxylic acids is 1. The van der Waals surface area contributed by atoms with Gasteiger partial charge in [-0.25, -0.2) is 4.79 Å². The number of urea groups is 1. The molecule has 2 amide bonds. The standard InChI is InChI=1S/C17H18N2O/c1-2-9-16(14-10-5-3-6-11-14)19-17(20)18-15-12-7-4-8-13-15/h2-8,10-13,16H,1,9H2,(H2,18,19,20). The fraction of sp³-hybridized carbons (Fsp3) is 0.118. The lowest BCUT2D eigenvalue weighted by molar-refractivity contribution is 0.248. The topological polar surface area (TPSA) is 41.1 Å². The summed E-state index contributed by atoms with van der Waals surface area (Å²) in [5, 5.41) is 5.78. The second-order valence-electron chi connectivity index (χ2n) is 4.45. The van der Waals surface area contributed by atoms with Gasteiger partial charge in [0.05, 0.1) is 6.04 Å². The number of anilines is 1. The van der Waals surface area contributed by atoms with Crippen LogP contribution >= 0.6 is 0 Å². The summed E-state index contributed by atoms with van der Waals surface area (Å²) in [5.74, 6) is 0. The highest BCUT2D eigenvalue weighted by molar-refractivity contribution is 5.89. The molecular formula is C17H18N2O. The van der Waals surface area contributed by atoms with Crippen molar-refractivity contribution in [2.75, 3.05) is 5.32 Å². The van der Waals surface area contributed by atoms with Crippen molar-refractivity contribution in [3.63, 3.8) is 0 Å². The van der Waals surface area contributed by atoms with Crippen LogP contribution in [0.3, 0.4) is 0 Å². The molecule has 2 rings (SSSR count). The van der Waals surface area contributed by atoms with Gasteiger partial charge in [0, 0.05) is 5.69 Å². The van der Waals surface area contributed by atoms with Crippen molar-refractivity contribution in [3.05, 3.63) is 78.9 Å². The second kappa shape index (κ2) is 7.14. The molecule has 0 aliphatic rings. The van der Waals surface area contributed by atoms with Crippen LogP contribution in [0.1, 0.15) is 18.0 Å². The smallest absolute Gasteiger partial charge is 0.319 e. The number of hydrogen-bond acceptors (Lipinski definition) is 1. The van der Waals surface area contributed by atoms with Crippen LogP contribution in [0.25, 0.3) is 0 Å². The molecule has 2 aromatic rings. The van der Waals surface area contributed by atoms with Gasteiger partial charge in [-0.1, -0.05) is 54.6 Å². The Bertz CT molecular complexity index is 552. The first-order valence-corrected chi connectivity index (χ1v) is 6.58. The van der Waals surface area contributed by atoms with E-state index in [0.717, 1.165) is 11.3 Å². The van der Waals surface area contributed by atoms with Crippen molar-refractivity contribution in [1.29, 1.82) is 0 Å². The maximum absolute atomic E-state index is 12.0. The van der Waals surface area contributed by atoms with E-state index in [1.54, 1.807) is 6.08 Å². The molecule has 102 valence electrons. The van der Waals surface area contributed by atoms with Gasteiger partial charge in [-0.3, -0.25) is 0 Å². The molecule has 0 aliphatic heterocycles. The van der Waals surface area contributed by atoms with Crippen molar-refractivity contribution in [3.8, 4) is 0 Å². The summed E-state index contributed by atoms with van der Waals surface area (Å²) in [4.78, 5) is 12.0. The normalized spacial score (nSPS) is 11.4. The van der Waals surface area contributed by atoms with Crippen LogP contribution in [-0.2, 0) is 0 Å². The number of benzene rings is 2. The quantitative estimate of drug-likeness (QED) is 0.785. The van der Waals surface area contributed by atoms with E-state index in [-0.39, 0.29) is 12.1 Å². The van der Waals surface area contributed by atoms with E-state index in [2.05, 4.69) is 17.2 Å². The summed E-state index contributed by atoms with van der Waals surface area (Å²) in [7, 11) is 0. The van der Waals surface area contributed by atoms with Crippen LogP contribution in [0.2, 0.25) is 0 Å². The molecule has 2 N–H and O–H groups in total. The molecule has 1 unspecified atom stereocenters. The fourth-order valence-electron chi connectivity index (χ4n) is 1.98. The van der Waals surface area contributed by atoms with Crippen LogP contribution in [0.5, 0.6) is 0 Å². The molecule has 0 radical (unpaired) electrons. The largest absolute Gasteiger partial charge is 0.331 e. The minimum atomic E-state index is -0.216. The zero-order valence-corrected chi connectivity index (χ0v) is 11.3. The molecule has 0 heterocycles. The minimum absolute atomic E-state index is 0.0718. The number of carbonyl (C=O) groups is 1. The third kappa shape index (κ3) is 3.99. The minimum Gasteiger partial charge on any atom is -0.331 e. The van der Waals surface area contributed by atoms with Crippen LogP contribution < -0.4 is 10.6 Å². The first-order valence-electron chi connectivity index (χ1n) is 6.58. The highest BCUT2D eigenvalue weighted by atomic mass is 16.2. The van der Waals surface area contributed by atoms with Gasteiger partial charge in [0.15, 0.2) is 0 Å². The molecule has 0 spiro atoms. The number of rotatable bonds is 5. The van der Waals surface area contributed by atoms with E-state index in [9.17, 15) is 4.79 Å². The number of nitrogens with one attached hydrogen (secondary N) is 2. The first kappa shape index (κ1) is 13.9. The summed E-state index contributed by atoms with van der Waals surface area (Å²) in [6.45, 7) is 3.75. The Kier molecular flexibility index (Phi) is 4.95. The van der Waals surface area contributed by atoms with E-state index in [4.69, 9.17) is 0 Å². The zero-order chi connectivity index (χ0) is 14.2. The molecule has 0 fully saturated rings. The Morgan fingerprint density at radius 2 is 1.65 bits per heavy atom. The monoisotopic (exact) mass is 266 g/mol. The van der Waals surface area contributed by atoms with E-state index in [1.807, 2.05) is 60.7 Å². The number of hydrogen-bond donors (Lipinski definition) is 2. The Balaban J connectivity index is 2.01. The summed E-state index contributed by atoms with van der Waals surface area (Å²) >= 11 is 0. The fourth-order valence-corrected chi connectivity index (χ4v) is 1.98. The van der Waals surface area contributed by atoms with Gasteiger partial charge in [0.25, 0.3) is 0 Å². The summed E-state index contributed by atoms with van der Waals surface area (Å²) in [5.41, 5.74) is 1.84. The maximum Gasteiger partial charge on any atom is 0.319 e. The van der Waals surface area contributed by atoms with Crippen LogP contribution in [0.4, 0.5) is 10.5 Å². The number of para-hydroxylation sites is 1. The summed E-state index contributed by atoms with van der Waals surface area (Å²) in [6.07, 6.45) is 2.49. The molecule has 0 aliphatic carbocycles. The molecule has 0 saturated heterocycles. The molecule has 3 nitrogen and oxygen atoms in total. The Morgan fingerprint density at radius 1 is 1.05 bits per heavy atom. The second-order valence-corrected chi connectivity index (χ2v) is 4.45. The Morgan fingerprint density at radius 3 is 2.25 bits per heavy atom. The van der Waals surface area contributed by atoms with Crippen LogP contribution in [0, 0.1) is 0 Å². The van der Waals surface area contributed by atoms with Crippen LogP contribution in [0.15, 0.2) is 73.3 Å². The van der Waals surface area contributed by atoms with Gasteiger partial charge in [-0.05, 0) is 24.1 Å². The van der Waals surface area contributed by atoms with Crippen molar-refractivity contribution in [1.82, 2.24) is 5.32 Å². The molecule has 1 atom stereocenters. The van der Waals surface area contributed by atoms with E-state index in [0.29, 0.717) is 6.42 Å². The van der Waals surface area contributed by atoms with Crippen molar-refractivity contribution in [2.45, 2.75) is 12.5 Å². The molecule has 3 heteroatoms. The Labute approximate surface area is 119 Å². The van der Waals surface area contributed by atoms with Crippen molar-refractivity contribution in [2.24, 2.45) is 0 Å². The molecule has 0 aromatic heterocycles. The lowest BCUT2D eigenvalue weighted by Gasteiger charge is -2.18. The third-order valence-corrected chi connectivity index (χ3v) is 2.94. The van der Waals surface area contributed by atoms with E-state index in [1.165, 1.54) is 0 Å². The average molecular weight is 266 g/mol. The van der Waals surface area contributed by atoms with Crippen molar-refractivity contribution >= 4 is 11.7 Å². The van der Waals surface area contributed by atoms with Gasteiger partial charge in [-0.2, -0.15) is 0 Å². The molecular weight excluding hydrogens is 248 g/mol. The number of amides is 2. The van der Waals surface area contributed by atoms with E-state index >= 15 is 0 Å².